The van der Waals surface area contributed by atoms with E-state index in [-0.39, 0.29) is 11.3 Å². The molecule has 0 saturated heterocycles. The number of halogens is 1. The Hall–Kier alpha value is -3.13. The first kappa shape index (κ1) is 25.1. The van der Waals surface area contributed by atoms with Crippen molar-refractivity contribution in [2.24, 2.45) is 5.10 Å². The molecule has 0 atom stereocenters. The van der Waals surface area contributed by atoms with Crippen molar-refractivity contribution in [1.29, 1.82) is 0 Å². The Labute approximate surface area is 192 Å². The lowest BCUT2D eigenvalue weighted by Crippen LogP contribution is -2.17. The van der Waals surface area contributed by atoms with Crippen molar-refractivity contribution in [2.75, 3.05) is 13.7 Å². The SMILES string of the molecule is CCCCCCCCOc1c(Cl)cc(/C=N/NC(=O)c2ccc([N+](=O)[O-])cc2)cc1OC. The first-order valence-corrected chi connectivity index (χ1v) is 10.9. The predicted molar refractivity (Wildman–Crippen MR) is 125 cm³/mol. The summed E-state index contributed by atoms with van der Waals surface area (Å²) in [7, 11) is 1.53. The van der Waals surface area contributed by atoms with Crippen LogP contribution in [0.2, 0.25) is 5.02 Å². The second-order valence-corrected chi connectivity index (χ2v) is 7.56. The van der Waals surface area contributed by atoms with E-state index in [1.807, 2.05) is 0 Å². The standard InChI is InChI=1S/C23H28ClN3O5/c1-3-4-5-6-7-8-13-32-22-20(24)14-17(15-21(22)31-2)16-25-26-23(28)18-9-11-19(12-10-18)27(29)30/h9-12,14-16H,3-8,13H2,1-2H3,(H,26,28)/b25-16+. The maximum absolute atomic E-state index is 12.1. The van der Waals surface area contributed by atoms with Crippen LogP contribution in [-0.2, 0) is 0 Å². The average Bonchev–Trinajstić information content (AvgIpc) is 2.79. The molecule has 0 fully saturated rings. The quantitative estimate of drug-likeness (QED) is 0.177. The normalized spacial score (nSPS) is 10.8. The first-order valence-electron chi connectivity index (χ1n) is 10.5. The number of rotatable bonds is 13. The molecule has 0 aromatic heterocycles. The van der Waals surface area contributed by atoms with Crippen LogP contribution in [0.3, 0.4) is 0 Å². The van der Waals surface area contributed by atoms with Gasteiger partial charge in [0.05, 0.1) is 29.9 Å². The zero-order chi connectivity index (χ0) is 23.3. The second kappa shape index (κ2) is 13.3. The number of hydrogen-bond acceptors (Lipinski definition) is 6. The van der Waals surface area contributed by atoms with Crippen molar-refractivity contribution in [1.82, 2.24) is 5.43 Å². The number of benzene rings is 2. The first-order chi connectivity index (χ1) is 15.5. The molecule has 0 aliphatic heterocycles. The molecule has 0 unspecified atom stereocenters. The zero-order valence-corrected chi connectivity index (χ0v) is 19.1. The summed E-state index contributed by atoms with van der Waals surface area (Å²) in [4.78, 5) is 22.3. The van der Waals surface area contributed by atoms with Gasteiger partial charge in [0.15, 0.2) is 11.5 Å². The van der Waals surface area contributed by atoms with Crippen molar-refractivity contribution in [3.8, 4) is 11.5 Å². The Kier molecular flexibility index (Phi) is 10.5. The fourth-order valence-electron chi connectivity index (χ4n) is 2.98. The Bertz CT molecular complexity index is 932. The van der Waals surface area contributed by atoms with Crippen molar-refractivity contribution < 1.29 is 19.2 Å². The fraction of sp³-hybridized carbons (Fsp3) is 0.391. The molecule has 172 valence electrons. The molecular weight excluding hydrogens is 434 g/mol. The fourth-order valence-corrected chi connectivity index (χ4v) is 3.25. The molecule has 1 amide bonds. The zero-order valence-electron chi connectivity index (χ0n) is 18.3. The second-order valence-electron chi connectivity index (χ2n) is 7.15. The van der Waals surface area contributed by atoms with Gasteiger partial charge < -0.3 is 9.47 Å². The van der Waals surface area contributed by atoms with Crippen LogP contribution >= 0.6 is 11.6 Å². The minimum absolute atomic E-state index is 0.0920. The number of carbonyl (C=O) groups is 1. The minimum Gasteiger partial charge on any atom is -0.493 e. The number of nitrogens with one attached hydrogen (secondary N) is 1. The van der Waals surface area contributed by atoms with E-state index in [0.29, 0.717) is 28.7 Å². The van der Waals surface area contributed by atoms with E-state index in [1.165, 1.54) is 63.3 Å². The van der Waals surface area contributed by atoms with E-state index in [4.69, 9.17) is 21.1 Å². The molecule has 32 heavy (non-hydrogen) atoms. The highest BCUT2D eigenvalue weighted by atomic mass is 35.5. The van der Waals surface area contributed by atoms with Gasteiger partial charge in [-0.15, -0.1) is 0 Å². The number of hydrogen-bond donors (Lipinski definition) is 1. The summed E-state index contributed by atoms with van der Waals surface area (Å²) >= 11 is 6.36. The number of nitrogens with zero attached hydrogens (tertiary/aromatic N) is 2. The number of nitro groups is 1. The molecule has 0 aliphatic rings. The van der Waals surface area contributed by atoms with Gasteiger partial charge in [-0.2, -0.15) is 5.10 Å². The summed E-state index contributed by atoms with van der Waals surface area (Å²) in [6, 6.07) is 8.62. The summed E-state index contributed by atoms with van der Waals surface area (Å²) in [5.74, 6) is 0.467. The molecule has 0 saturated carbocycles. The number of hydrazone groups is 1. The van der Waals surface area contributed by atoms with E-state index in [0.717, 1.165) is 12.8 Å². The molecule has 9 heteroatoms. The molecule has 2 rings (SSSR count). The molecule has 0 radical (unpaired) electrons. The third-order valence-electron chi connectivity index (χ3n) is 4.72. The average molecular weight is 462 g/mol. The highest BCUT2D eigenvalue weighted by Crippen LogP contribution is 2.36. The number of carbonyl (C=O) groups excluding carboxylic acids is 1. The van der Waals surface area contributed by atoms with Crippen LogP contribution in [0.5, 0.6) is 11.5 Å². The van der Waals surface area contributed by atoms with Crippen LogP contribution in [0.15, 0.2) is 41.5 Å². The number of non-ortho nitro benzene ring substituents is 1. The Morgan fingerprint density at radius 2 is 1.84 bits per heavy atom. The van der Waals surface area contributed by atoms with Gasteiger partial charge in [0.2, 0.25) is 0 Å². The van der Waals surface area contributed by atoms with Gasteiger partial charge in [-0.25, -0.2) is 5.43 Å². The summed E-state index contributed by atoms with van der Waals surface area (Å²) in [6.07, 6.45) is 8.41. The number of unbranched alkanes of at least 4 members (excludes halogenated alkanes) is 5. The van der Waals surface area contributed by atoms with E-state index < -0.39 is 10.8 Å². The maximum Gasteiger partial charge on any atom is 0.271 e. The smallest absolute Gasteiger partial charge is 0.271 e. The van der Waals surface area contributed by atoms with Gasteiger partial charge in [-0.05, 0) is 36.2 Å². The largest absolute Gasteiger partial charge is 0.493 e. The van der Waals surface area contributed by atoms with Crippen LogP contribution in [0.4, 0.5) is 5.69 Å². The van der Waals surface area contributed by atoms with Gasteiger partial charge in [-0.3, -0.25) is 14.9 Å². The molecule has 0 bridgehead atoms. The minimum atomic E-state index is -0.530. The van der Waals surface area contributed by atoms with E-state index in [9.17, 15) is 14.9 Å². The Morgan fingerprint density at radius 1 is 1.16 bits per heavy atom. The number of methoxy groups -OCH3 is 1. The van der Waals surface area contributed by atoms with Gasteiger partial charge in [-0.1, -0.05) is 50.6 Å². The van der Waals surface area contributed by atoms with Gasteiger partial charge in [0, 0.05) is 17.7 Å². The highest BCUT2D eigenvalue weighted by Gasteiger charge is 2.12. The van der Waals surface area contributed by atoms with E-state index in [1.54, 1.807) is 12.1 Å². The van der Waals surface area contributed by atoms with Crippen molar-refractivity contribution >= 4 is 29.4 Å². The van der Waals surface area contributed by atoms with Crippen LogP contribution < -0.4 is 14.9 Å². The van der Waals surface area contributed by atoms with Gasteiger partial charge >= 0.3 is 0 Å². The topological polar surface area (TPSA) is 103 Å². The molecular formula is C23H28ClN3O5. The van der Waals surface area contributed by atoms with Crippen LogP contribution in [0, 0.1) is 10.1 Å². The van der Waals surface area contributed by atoms with E-state index in [2.05, 4.69) is 17.5 Å². The monoisotopic (exact) mass is 461 g/mol. The molecule has 0 heterocycles. The van der Waals surface area contributed by atoms with Crippen LogP contribution in [0.25, 0.3) is 0 Å². The van der Waals surface area contributed by atoms with Crippen LogP contribution in [-0.4, -0.2) is 30.8 Å². The maximum atomic E-state index is 12.1. The third-order valence-corrected chi connectivity index (χ3v) is 5.00. The molecule has 0 aliphatic carbocycles. The Balaban J connectivity index is 1.92. The number of amides is 1. The van der Waals surface area contributed by atoms with Crippen LogP contribution in [0.1, 0.15) is 61.4 Å². The summed E-state index contributed by atoms with van der Waals surface area (Å²) in [5, 5.41) is 15.0. The van der Waals surface area contributed by atoms with Gasteiger partial charge in [0.1, 0.15) is 0 Å². The number of nitro benzene ring substituents is 1. The number of ether oxygens (including phenoxy) is 2. The molecule has 2 aromatic carbocycles. The summed E-state index contributed by atoms with van der Waals surface area (Å²) < 4.78 is 11.2. The van der Waals surface area contributed by atoms with Crippen molar-refractivity contribution in [2.45, 2.75) is 45.4 Å². The highest BCUT2D eigenvalue weighted by molar-refractivity contribution is 6.32. The lowest BCUT2D eigenvalue weighted by molar-refractivity contribution is -0.384. The summed E-state index contributed by atoms with van der Waals surface area (Å²) in [6.45, 7) is 2.75. The molecule has 0 spiro atoms. The molecule has 1 N–H and O–H groups in total. The van der Waals surface area contributed by atoms with Gasteiger partial charge in [0.25, 0.3) is 11.6 Å². The lowest BCUT2D eigenvalue weighted by Gasteiger charge is -2.13. The van der Waals surface area contributed by atoms with Crippen molar-refractivity contribution in [3.05, 3.63) is 62.7 Å². The molecule has 2 aromatic rings. The van der Waals surface area contributed by atoms with Crippen molar-refractivity contribution in [3.63, 3.8) is 0 Å². The molecule has 8 nitrogen and oxygen atoms in total. The Morgan fingerprint density at radius 3 is 2.50 bits per heavy atom. The predicted octanol–water partition coefficient (Wildman–Crippen LogP) is 5.76. The van der Waals surface area contributed by atoms with E-state index >= 15 is 0 Å². The lowest BCUT2D eigenvalue weighted by atomic mass is 10.1. The summed E-state index contributed by atoms with van der Waals surface area (Å²) in [5.41, 5.74) is 3.15. The third kappa shape index (κ3) is 7.85.